The molecule has 3 aromatic rings. The highest BCUT2D eigenvalue weighted by Crippen LogP contribution is 2.30. The molecule has 1 amide bonds. The monoisotopic (exact) mass is 510 g/mol. The Balaban J connectivity index is 1.90. The summed E-state index contributed by atoms with van der Waals surface area (Å²) < 4.78 is 40.3. The summed E-state index contributed by atoms with van der Waals surface area (Å²) in [5.74, 6) is 0.702. The SMILES string of the molecule is COc1ccc([C@@H](C)NC(=O)[C@@H](Cc2ccccc2)NS(=O)(=O)c2c(C)cc(C)cc2C)cc1OC. The van der Waals surface area contributed by atoms with Gasteiger partial charge in [-0.15, -0.1) is 0 Å². The van der Waals surface area contributed by atoms with Crippen LogP contribution in [0.15, 0.2) is 65.6 Å². The third kappa shape index (κ3) is 6.44. The molecule has 0 radical (unpaired) electrons. The molecule has 0 aliphatic carbocycles. The van der Waals surface area contributed by atoms with E-state index in [4.69, 9.17) is 9.47 Å². The van der Waals surface area contributed by atoms with E-state index in [1.54, 1.807) is 40.2 Å². The fourth-order valence-electron chi connectivity index (χ4n) is 4.39. The number of nitrogens with one attached hydrogen (secondary N) is 2. The van der Waals surface area contributed by atoms with Gasteiger partial charge in [0.2, 0.25) is 15.9 Å². The minimum Gasteiger partial charge on any atom is -0.493 e. The van der Waals surface area contributed by atoms with Crippen molar-refractivity contribution < 1.29 is 22.7 Å². The first-order valence-electron chi connectivity index (χ1n) is 11.7. The van der Waals surface area contributed by atoms with Crippen molar-refractivity contribution in [2.24, 2.45) is 0 Å². The smallest absolute Gasteiger partial charge is 0.241 e. The third-order valence-electron chi connectivity index (χ3n) is 6.04. The van der Waals surface area contributed by atoms with E-state index in [0.29, 0.717) is 22.6 Å². The van der Waals surface area contributed by atoms with E-state index in [1.807, 2.05) is 62.4 Å². The average Bonchev–Trinajstić information content (AvgIpc) is 2.82. The van der Waals surface area contributed by atoms with Crippen LogP contribution in [0.1, 0.15) is 40.8 Å². The predicted molar refractivity (Wildman–Crippen MR) is 141 cm³/mol. The van der Waals surface area contributed by atoms with Crippen LogP contribution in [-0.2, 0) is 21.2 Å². The number of carbonyl (C=O) groups is 1. The van der Waals surface area contributed by atoms with E-state index in [2.05, 4.69) is 10.0 Å². The first kappa shape index (κ1) is 27.2. The molecule has 7 nitrogen and oxygen atoms in total. The summed E-state index contributed by atoms with van der Waals surface area (Å²) in [5, 5.41) is 2.96. The molecule has 3 rings (SSSR count). The van der Waals surface area contributed by atoms with Gasteiger partial charge in [-0.3, -0.25) is 4.79 Å². The molecule has 0 aromatic heterocycles. The number of hydrogen-bond acceptors (Lipinski definition) is 5. The van der Waals surface area contributed by atoms with Crippen LogP contribution >= 0.6 is 0 Å². The van der Waals surface area contributed by atoms with Gasteiger partial charge in [-0.1, -0.05) is 54.1 Å². The van der Waals surface area contributed by atoms with Gasteiger partial charge in [0, 0.05) is 0 Å². The molecule has 0 saturated heterocycles. The van der Waals surface area contributed by atoms with Crippen molar-refractivity contribution in [1.82, 2.24) is 10.0 Å². The number of hydrogen-bond donors (Lipinski definition) is 2. The zero-order valence-corrected chi connectivity index (χ0v) is 22.4. The molecule has 0 aliphatic rings. The average molecular weight is 511 g/mol. The van der Waals surface area contributed by atoms with Crippen LogP contribution < -0.4 is 19.5 Å². The lowest BCUT2D eigenvalue weighted by atomic mass is 10.0. The van der Waals surface area contributed by atoms with Crippen LogP contribution in [0.4, 0.5) is 0 Å². The van der Waals surface area contributed by atoms with Gasteiger partial charge in [-0.25, -0.2) is 8.42 Å². The Labute approximate surface area is 213 Å². The Bertz CT molecular complexity index is 1300. The molecule has 8 heteroatoms. The Morgan fingerprint density at radius 2 is 1.50 bits per heavy atom. The number of carbonyl (C=O) groups excluding carboxylic acids is 1. The zero-order chi connectivity index (χ0) is 26.5. The lowest BCUT2D eigenvalue weighted by molar-refractivity contribution is -0.123. The van der Waals surface area contributed by atoms with Crippen molar-refractivity contribution in [3.05, 3.63) is 88.5 Å². The lowest BCUT2D eigenvalue weighted by Gasteiger charge is -2.23. The van der Waals surface area contributed by atoms with E-state index in [1.165, 1.54) is 0 Å². The van der Waals surface area contributed by atoms with E-state index in [0.717, 1.165) is 16.7 Å². The van der Waals surface area contributed by atoms with Crippen LogP contribution in [0.3, 0.4) is 0 Å². The summed E-state index contributed by atoms with van der Waals surface area (Å²) in [6.07, 6.45) is 0.203. The van der Waals surface area contributed by atoms with Gasteiger partial charge in [0.25, 0.3) is 0 Å². The van der Waals surface area contributed by atoms with E-state index in [9.17, 15) is 13.2 Å². The highest BCUT2D eigenvalue weighted by Gasteiger charge is 2.29. The Kier molecular flexibility index (Phi) is 8.76. The summed E-state index contributed by atoms with van der Waals surface area (Å²) in [6.45, 7) is 7.28. The molecule has 192 valence electrons. The Morgan fingerprint density at radius 3 is 2.08 bits per heavy atom. The molecule has 0 heterocycles. The first-order valence-corrected chi connectivity index (χ1v) is 13.2. The number of ether oxygens (including phenoxy) is 2. The van der Waals surface area contributed by atoms with Gasteiger partial charge in [0.05, 0.1) is 25.2 Å². The molecular weight excluding hydrogens is 476 g/mol. The van der Waals surface area contributed by atoms with Crippen molar-refractivity contribution >= 4 is 15.9 Å². The minimum absolute atomic E-state index is 0.201. The molecule has 0 spiro atoms. The molecule has 36 heavy (non-hydrogen) atoms. The summed E-state index contributed by atoms with van der Waals surface area (Å²) in [6, 6.07) is 17.0. The normalized spacial score (nSPS) is 13.1. The number of aryl methyl sites for hydroxylation is 3. The lowest BCUT2D eigenvalue weighted by Crippen LogP contribution is -2.48. The number of benzene rings is 3. The third-order valence-corrected chi connectivity index (χ3v) is 7.81. The molecule has 0 aliphatic heterocycles. The fourth-order valence-corrected chi connectivity index (χ4v) is 6.04. The van der Waals surface area contributed by atoms with E-state index < -0.39 is 28.0 Å². The highest BCUT2D eigenvalue weighted by molar-refractivity contribution is 7.89. The standard InChI is InChI=1S/C28H34N2O5S/c1-18-14-19(2)27(20(3)15-18)36(32,33)30-24(16-22-10-8-7-9-11-22)28(31)29-21(4)23-12-13-25(34-5)26(17-23)35-6/h7-15,17,21,24,30H,16H2,1-6H3,(H,29,31)/t21-,24-/m1/s1. The maximum atomic E-state index is 13.5. The van der Waals surface area contributed by atoms with Crippen molar-refractivity contribution in [3.8, 4) is 11.5 Å². The van der Waals surface area contributed by atoms with Gasteiger partial charge in [0.1, 0.15) is 6.04 Å². The summed E-state index contributed by atoms with van der Waals surface area (Å²) in [7, 11) is -0.868. The first-order chi connectivity index (χ1) is 17.1. The van der Waals surface area contributed by atoms with Crippen molar-refractivity contribution in [2.45, 2.75) is 51.1 Å². The topological polar surface area (TPSA) is 93.7 Å². The number of methoxy groups -OCH3 is 2. The molecular formula is C28H34N2O5S. The molecule has 0 fully saturated rings. The molecule has 0 saturated carbocycles. The van der Waals surface area contributed by atoms with Gasteiger partial charge in [-0.2, -0.15) is 4.72 Å². The van der Waals surface area contributed by atoms with Gasteiger partial charge in [-0.05, 0) is 68.5 Å². The number of amides is 1. The van der Waals surface area contributed by atoms with Crippen LogP contribution in [0, 0.1) is 20.8 Å². The second-order valence-corrected chi connectivity index (χ2v) is 10.6. The van der Waals surface area contributed by atoms with E-state index in [-0.39, 0.29) is 11.3 Å². The molecule has 3 aromatic carbocycles. The van der Waals surface area contributed by atoms with Crippen LogP contribution in [-0.4, -0.2) is 34.6 Å². The quantitative estimate of drug-likeness (QED) is 0.422. The second-order valence-electron chi connectivity index (χ2n) is 8.94. The number of rotatable bonds is 10. The molecule has 0 bridgehead atoms. The van der Waals surface area contributed by atoms with Gasteiger partial charge < -0.3 is 14.8 Å². The predicted octanol–water partition coefficient (Wildman–Crippen LogP) is 4.40. The molecule has 0 unspecified atom stereocenters. The summed E-state index contributed by atoms with van der Waals surface area (Å²) in [5.41, 5.74) is 3.89. The Morgan fingerprint density at radius 1 is 0.889 bits per heavy atom. The minimum atomic E-state index is -3.97. The van der Waals surface area contributed by atoms with Crippen molar-refractivity contribution in [3.63, 3.8) is 0 Å². The highest BCUT2D eigenvalue weighted by atomic mass is 32.2. The zero-order valence-electron chi connectivity index (χ0n) is 21.6. The largest absolute Gasteiger partial charge is 0.493 e. The van der Waals surface area contributed by atoms with E-state index >= 15 is 0 Å². The second kappa shape index (κ2) is 11.6. The van der Waals surface area contributed by atoms with Crippen LogP contribution in [0.25, 0.3) is 0 Å². The Hall–Kier alpha value is -3.36. The van der Waals surface area contributed by atoms with Gasteiger partial charge in [0.15, 0.2) is 11.5 Å². The van der Waals surface area contributed by atoms with Crippen molar-refractivity contribution in [2.75, 3.05) is 14.2 Å². The summed E-state index contributed by atoms with van der Waals surface area (Å²) >= 11 is 0. The fraction of sp³-hybridized carbons (Fsp3) is 0.321. The van der Waals surface area contributed by atoms with Gasteiger partial charge >= 0.3 is 0 Å². The number of sulfonamides is 1. The molecule has 2 N–H and O–H groups in total. The van der Waals surface area contributed by atoms with Crippen LogP contribution in [0.2, 0.25) is 0 Å². The maximum absolute atomic E-state index is 13.5. The summed E-state index contributed by atoms with van der Waals surface area (Å²) in [4.78, 5) is 13.6. The molecule has 2 atom stereocenters. The van der Waals surface area contributed by atoms with Crippen molar-refractivity contribution in [1.29, 1.82) is 0 Å². The maximum Gasteiger partial charge on any atom is 0.241 e. The van der Waals surface area contributed by atoms with Crippen LogP contribution in [0.5, 0.6) is 11.5 Å².